The van der Waals surface area contributed by atoms with Crippen molar-refractivity contribution in [2.75, 3.05) is 51.1 Å². The van der Waals surface area contributed by atoms with Crippen LogP contribution in [-0.4, -0.2) is 61.9 Å². The van der Waals surface area contributed by atoms with Gasteiger partial charge >= 0.3 is 6.18 Å². The highest BCUT2D eigenvalue weighted by Crippen LogP contribution is 2.30. The summed E-state index contributed by atoms with van der Waals surface area (Å²) >= 11 is 1.60. The van der Waals surface area contributed by atoms with Crippen molar-refractivity contribution in [1.82, 2.24) is 9.47 Å². The van der Waals surface area contributed by atoms with E-state index in [1.165, 1.54) is 6.42 Å². The van der Waals surface area contributed by atoms with Crippen molar-refractivity contribution < 1.29 is 22.3 Å². The van der Waals surface area contributed by atoms with Crippen LogP contribution in [0.4, 0.5) is 28.9 Å². The average Bonchev–Trinajstić information content (AvgIpc) is 3.37. The molecule has 2 aromatic carbocycles. The molecule has 3 rings (SSSR count). The topological polar surface area (TPSA) is 55.4 Å². The molecule has 3 N–H and O–H groups in total. The molecular formula is C35H54F4N4OS. The second-order valence-electron chi connectivity index (χ2n) is 10.1. The number of hydrogen-bond donors (Lipinski definition) is 2. The highest BCUT2D eigenvalue weighted by molar-refractivity contribution is 7.98. The predicted octanol–water partition coefficient (Wildman–Crippen LogP) is 9.74. The molecule has 0 amide bonds. The lowest BCUT2D eigenvalue weighted by Gasteiger charge is -2.20. The van der Waals surface area contributed by atoms with Crippen molar-refractivity contribution in [3.63, 3.8) is 0 Å². The Kier molecular flexibility index (Phi) is 21.0. The smallest absolute Gasteiger partial charge is 0.406 e. The molecule has 45 heavy (non-hydrogen) atoms. The first kappa shape index (κ1) is 42.0. The van der Waals surface area contributed by atoms with Crippen LogP contribution < -0.4 is 15.8 Å². The quantitative estimate of drug-likeness (QED) is 0.0933. The molecule has 0 bridgehead atoms. The van der Waals surface area contributed by atoms with E-state index >= 15 is 0 Å². The number of hydrogen-bond acceptors (Lipinski definition) is 5. The Hall–Kier alpha value is -3.03. The monoisotopic (exact) mass is 654 g/mol. The molecule has 254 valence electrons. The standard InChI is InChI=1S/C21H20F3N3OS.C10H22FN.2C2H6/c1-28-20-12-15(29-2)8-9-18(20)26-10-4-5-14-11-16-17(25)6-3-7-19(16)27(14)13-21(22,23)24;1-5-9(2)8-12(4)7-6-10(3)11;2*1-2/h3,6-9,11-12,26H,10,13,25H2,1-2H3;9-10H,5-8H2,1-4H3;2*1-2H3. The third-order valence-electron chi connectivity index (χ3n) is 6.54. The Labute approximate surface area is 273 Å². The summed E-state index contributed by atoms with van der Waals surface area (Å²) in [5.41, 5.74) is 7.78. The number of alkyl halides is 4. The van der Waals surface area contributed by atoms with Gasteiger partial charge < -0.3 is 25.3 Å². The number of nitrogens with two attached hydrogens (primary N) is 1. The van der Waals surface area contributed by atoms with E-state index < -0.39 is 18.9 Å². The lowest BCUT2D eigenvalue weighted by Crippen LogP contribution is -2.26. The summed E-state index contributed by atoms with van der Waals surface area (Å²) in [6.45, 7) is 15.1. The van der Waals surface area contributed by atoms with E-state index in [-0.39, 0.29) is 12.2 Å². The molecule has 0 saturated carbocycles. The van der Waals surface area contributed by atoms with E-state index in [9.17, 15) is 17.6 Å². The maximum absolute atomic E-state index is 13.1. The van der Waals surface area contributed by atoms with Crippen LogP contribution >= 0.6 is 11.8 Å². The molecule has 3 aromatic rings. The van der Waals surface area contributed by atoms with Gasteiger partial charge in [0, 0.05) is 29.1 Å². The Bertz CT molecular complexity index is 1300. The van der Waals surface area contributed by atoms with Crippen molar-refractivity contribution in [3.8, 4) is 17.6 Å². The summed E-state index contributed by atoms with van der Waals surface area (Å²) in [6, 6.07) is 12.2. The maximum atomic E-state index is 13.1. The molecule has 0 spiro atoms. The van der Waals surface area contributed by atoms with Crippen LogP contribution in [0.3, 0.4) is 0 Å². The number of halogens is 4. The van der Waals surface area contributed by atoms with Crippen LogP contribution in [0.5, 0.6) is 5.75 Å². The summed E-state index contributed by atoms with van der Waals surface area (Å²) in [7, 11) is 3.64. The van der Waals surface area contributed by atoms with Gasteiger partial charge in [-0.15, -0.1) is 11.8 Å². The van der Waals surface area contributed by atoms with Gasteiger partial charge in [0.15, 0.2) is 0 Å². The van der Waals surface area contributed by atoms with E-state index in [1.54, 1.807) is 50.1 Å². The number of thioether (sulfide) groups is 1. The number of anilines is 2. The molecule has 0 radical (unpaired) electrons. The van der Waals surface area contributed by atoms with E-state index in [0.717, 1.165) is 34.2 Å². The zero-order valence-corrected chi connectivity index (χ0v) is 29.6. The summed E-state index contributed by atoms with van der Waals surface area (Å²) in [6.07, 6.45) is -1.19. The number of aromatic nitrogens is 1. The van der Waals surface area contributed by atoms with Gasteiger partial charge in [0.1, 0.15) is 12.3 Å². The minimum absolute atomic E-state index is 0.248. The third kappa shape index (κ3) is 15.7. The second kappa shape index (κ2) is 22.5. The highest BCUT2D eigenvalue weighted by atomic mass is 32.2. The number of ether oxygens (including phenoxy) is 1. The van der Waals surface area contributed by atoms with Gasteiger partial charge in [0.2, 0.25) is 0 Å². The van der Waals surface area contributed by atoms with Crippen LogP contribution in [0.15, 0.2) is 47.4 Å². The zero-order chi connectivity index (χ0) is 34.6. The number of methoxy groups -OCH3 is 1. The average molecular weight is 655 g/mol. The van der Waals surface area contributed by atoms with Crippen molar-refractivity contribution in [1.29, 1.82) is 0 Å². The molecule has 10 heteroatoms. The van der Waals surface area contributed by atoms with Crippen LogP contribution in [-0.2, 0) is 6.54 Å². The number of nitrogens with one attached hydrogen (secondary N) is 1. The molecule has 5 nitrogen and oxygen atoms in total. The molecule has 1 aromatic heterocycles. The van der Waals surface area contributed by atoms with Gasteiger partial charge in [-0.2, -0.15) is 13.2 Å². The Morgan fingerprint density at radius 3 is 2.31 bits per heavy atom. The van der Waals surface area contributed by atoms with E-state index in [1.807, 2.05) is 52.1 Å². The number of nitrogens with zero attached hydrogens (tertiary/aromatic N) is 2. The largest absolute Gasteiger partial charge is 0.495 e. The van der Waals surface area contributed by atoms with Crippen LogP contribution in [0.25, 0.3) is 10.9 Å². The minimum Gasteiger partial charge on any atom is -0.495 e. The lowest BCUT2D eigenvalue weighted by molar-refractivity contribution is -0.140. The van der Waals surface area contributed by atoms with Gasteiger partial charge in [-0.25, -0.2) is 4.39 Å². The van der Waals surface area contributed by atoms with Crippen LogP contribution in [0.2, 0.25) is 0 Å². The third-order valence-corrected chi connectivity index (χ3v) is 7.26. The highest BCUT2D eigenvalue weighted by Gasteiger charge is 2.29. The fraction of sp³-hybridized carbons (Fsp3) is 0.543. The van der Waals surface area contributed by atoms with Crippen molar-refractivity contribution >= 4 is 34.0 Å². The van der Waals surface area contributed by atoms with E-state index in [0.29, 0.717) is 28.8 Å². The molecule has 0 aliphatic carbocycles. The number of benzene rings is 2. The van der Waals surface area contributed by atoms with Gasteiger partial charge in [0.05, 0.1) is 36.7 Å². The summed E-state index contributed by atoms with van der Waals surface area (Å²) in [4.78, 5) is 3.28. The first-order valence-corrected chi connectivity index (χ1v) is 16.8. The maximum Gasteiger partial charge on any atom is 0.406 e. The molecule has 0 aliphatic rings. The molecule has 2 unspecified atom stereocenters. The first-order chi connectivity index (χ1) is 21.4. The molecule has 0 saturated heterocycles. The normalized spacial score (nSPS) is 11.9. The molecular weight excluding hydrogens is 600 g/mol. The fourth-order valence-electron chi connectivity index (χ4n) is 4.13. The number of rotatable bonds is 11. The van der Waals surface area contributed by atoms with Gasteiger partial charge in [-0.1, -0.05) is 60.0 Å². The van der Waals surface area contributed by atoms with Gasteiger partial charge in [-0.05, 0) is 74.9 Å². The van der Waals surface area contributed by atoms with Crippen molar-refractivity contribution in [3.05, 3.63) is 48.2 Å². The number of nitrogen functional groups attached to an aromatic ring is 1. The Balaban J connectivity index is 0.00000102. The summed E-state index contributed by atoms with van der Waals surface area (Å²) in [5, 5.41) is 3.69. The van der Waals surface area contributed by atoms with Crippen molar-refractivity contribution in [2.45, 2.75) is 85.1 Å². The first-order valence-electron chi connectivity index (χ1n) is 15.6. The van der Waals surface area contributed by atoms with E-state index in [2.05, 4.69) is 43.0 Å². The molecule has 1 heterocycles. The zero-order valence-electron chi connectivity index (χ0n) is 28.7. The van der Waals surface area contributed by atoms with Gasteiger partial charge in [0.25, 0.3) is 0 Å². The van der Waals surface area contributed by atoms with E-state index in [4.69, 9.17) is 10.5 Å². The van der Waals surface area contributed by atoms with Gasteiger partial charge in [-0.3, -0.25) is 0 Å². The van der Waals surface area contributed by atoms with Crippen LogP contribution in [0.1, 0.15) is 67.0 Å². The molecule has 0 aliphatic heterocycles. The molecule has 2 atom stereocenters. The Morgan fingerprint density at radius 2 is 1.76 bits per heavy atom. The number of fused-ring (bicyclic) bond motifs is 1. The van der Waals surface area contributed by atoms with Crippen LogP contribution in [0, 0.1) is 17.8 Å². The summed E-state index contributed by atoms with van der Waals surface area (Å²) < 4.78 is 58.1. The SMILES string of the molecule is CC.CC.CCC(C)CN(C)CCC(C)F.COc1cc(SC)ccc1NCC#Cc1cc2c(N)cccc2n1CC(F)(F)F. The lowest BCUT2D eigenvalue weighted by atomic mass is 10.1. The van der Waals surface area contributed by atoms with Crippen molar-refractivity contribution in [2.24, 2.45) is 5.92 Å². The summed E-state index contributed by atoms with van der Waals surface area (Å²) in [5.74, 6) is 7.12. The molecule has 0 fully saturated rings. The fourth-order valence-corrected chi connectivity index (χ4v) is 4.56. The predicted molar refractivity (Wildman–Crippen MR) is 187 cm³/mol. The minimum atomic E-state index is -4.36. The Morgan fingerprint density at radius 1 is 1.09 bits per heavy atom. The second-order valence-corrected chi connectivity index (χ2v) is 11.0.